The average molecular weight is 375 g/mol. The number of aliphatic carboxylic acids is 1. The molecule has 0 aromatic heterocycles. The largest absolute Gasteiger partial charge is 0.480 e. The van der Waals surface area contributed by atoms with Crippen LogP contribution in [0.3, 0.4) is 0 Å². The number of carboxylic acids is 1. The van der Waals surface area contributed by atoms with Crippen molar-refractivity contribution < 1.29 is 14.7 Å². The van der Waals surface area contributed by atoms with Gasteiger partial charge in [-0.2, -0.15) is 0 Å². The fourth-order valence-electron chi connectivity index (χ4n) is 2.67. The maximum Gasteiger partial charge on any atom is 0.321 e. The van der Waals surface area contributed by atoms with E-state index in [-0.39, 0.29) is 18.4 Å². The molecule has 0 fully saturated rings. The van der Waals surface area contributed by atoms with Crippen LogP contribution in [0.4, 0.5) is 5.69 Å². The molecule has 138 valence electrons. The number of nitrogens with one attached hydrogen (secondary N) is 2. The highest BCUT2D eigenvalue weighted by Gasteiger charge is 2.21. The summed E-state index contributed by atoms with van der Waals surface area (Å²) in [6.07, 6.45) is 0.495. The average Bonchev–Trinajstić information content (AvgIpc) is 2.57. The molecule has 0 radical (unpaired) electrons. The summed E-state index contributed by atoms with van der Waals surface area (Å²) in [4.78, 5) is 23.7. The topological polar surface area (TPSA) is 78.4 Å². The second-order valence-corrected chi connectivity index (χ2v) is 6.79. The molecule has 2 aromatic carbocycles. The highest BCUT2D eigenvalue weighted by atomic mass is 35.5. The van der Waals surface area contributed by atoms with Gasteiger partial charge in [-0.1, -0.05) is 48.0 Å². The van der Waals surface area contributed by atoms with Crippen LogP contribution < -0.4 is 10.6 Å². The summed E-state index contributed by atoms with van der Waals surface area (Å²) < 4.78 is 0. The highest BCUT2D eigenvalue weighted by molar-refractivity contribution is 6.33. The Hall–Kier alpha value is -2.37. The predicted molar refractivity (Wildman–Crippen MR) is 104 cm³/mol. The van der Waals surface area contributed by atoms with Gasteiger partial charge in [-0.3, -0.25) is 9.59 Å². The molecule has 26 heavy (non-hydrogen) atoms. The Labute approximate surface area is 158 Å². The highest BCUT2D eigenvalue weighted by Crippen LogP contribution is 2.22. The summed E-state index contributed by atoms with van der Waals surface area (Å²) in [5.74, 6) is -1.16. The van der Waals surface area contributed by atoms with Crippen molar-refractivity contribution in [1.82, 2.24) is 5.32 Å². The Bertz CT molecular complexity index is 765. The summed E-state index contributed by atoms with van der Waals surface area (Å²) in [6, 6.07) is 13.7. The van der Waals surface area contributed by atoms with Crippen molar-refractivity contribution in [2.75, 3.05) is 5.32 Å². The summed E-state index contributed by atoms with van der Waals surface area (Å²) in [6.45, 7) is 3.71. The number of amides is 1. The second kappa shape index (κ2) is 9.36. The Kier molecular flexibility index (Phi) is 7.18. The minimum Gasteiger partial charge on any atom is -0.480 e. The van der Waals surface area contributed by atoms with Crippen LogP contribution in [0.25, 0.3) is 0 Å². The van der Waals surface area contributed by atoms with Gasteiger partial charge in [0.1, 0.15) is 6.04 Å². The number of carbonyl (C=O) groups is 2. The van der Waals surface area contributed by atoms with E-state index in [9.17, 15) is 14.7 Å². The van der Waals surface area contributed by atoms with Crippen LogP contribution in [0.15, 0.2) is 48.5 Å². The zero-order valence-electron chi connectivity index (χ0n) is 14.8. The molecule has 0 saturated carbocycles. The van der Waals surface area contributed by atoms with E-state index in [0.717, 1.165) is 11.1 Å². The number of halogens is 1. The smallest absolute Gasteiger partial charge is 0.321 e. The van der Waals surface area contributed by atoms with Gasteiger partial charge in [-0.05, 0) is 43.5 Å². The predicted octanol–water partition coefficient (Wildman–Crippen LogP) is 3.65. The molecule has 2 aromatic rings. The van der Waals surface area contributed by atoms with Crippen molar-refractivity contribution in [2.24, 2.45) is 0 Å². The lowest BCUT2D eigenvalue weighted by atomic mass is 10.0. The van der Waals surface area contributed by atoms with Gasteiger partial charge in [-0.25, -0.2) is 0 Å². The van der Waals surface area contributed by atoms with Gasteiger partial charge in [-0.15, -0.1) is 0 Å². The lowest BCUT2D eigenvalue weighted by Gasteiger charge is -2.20. The molecule has 0 spiro atoms. The van der Waals surface area contributed by atoms with E-state index < -0.39 is 12.0 Å². The van der Waals surface area contributed by atoms with Gasteiger partial charge >= 0.3 is 5.97 Å². The Balaban J connectivity index is 1.91. The van der Waals surface area contributed by atoms with Crippen LogP contribution in [0.5, 0.6) is 0 Å². The van der Waals surface area contributed by atoms with E-state index in [1.807, 2.05) is 43.3 Å². The number of hydrogen-bond acceptors (Lipinski definition) is 3. The SMILES string of the molecule is Cc1ccc(NC(=O)CC(C)N[C@H](Cc2ccccc2)C(=O)O)c(Cl)c1. The van der Waals surface area contributed by atoms with Gasteiger partial charge in [0.05, 0.1) is 10.7 Å². The first kappa shape index (κ1) is 19.9. The van der Waals surface area contributed by atoms with Gasteiger partial charge < -0.3 is 15.7 Å². The van der Waals surface area contributed by atoms with E-state index in [4.69, 9.17) is 11.6 Å². The number of aryl methyl sites for hydroxylation is 1. The summed E-state index contributed by atoms with van der Waals surface area (Å²) in [5, 5.41) is 15.7. The number of hydrogen-bond donors (Lipinski definition) is 3. The maximum atomic E-state index is 12.2. The molecule has 2 atom stereocenters. The van der Waals surface area contributed by atoms with Crippen LogP contribution >= 0.6 is 11.6 Å². The molecule has 1 amide bonds. The van der Waals surface area contributed by atoms with Gasteiger partial charge in [0, 0.05) is 12.5 Å². The molecule has 0 aliphatic carbocycles. The van der Waals surface area contributed by atoms with Gasteiger partial charge in [0.2, 0.25) is 5.91 Å². The molecule has 0 saturated heterocycles. The third-order valence-corrected chi connectivity index (χ3v) is 4.27. The maximum absolute atomic E-state index is 12.2. The molecule has 0 aliphatic rings. The molecule has 3 N–H and O–H groups in total. The Morgan fingerprint density at radius 1 is 1.15 bits per heavy atom. The number of carboxylic acid groups (broad SMARTS) is 1. The first-order valence-corrected chi connectivity index (χ1v) is 8.81. The lowest BCUT2D eigenvalue weighted by molar-refractivity contribution is -0.139. The fraction of sp³-hybridized carbons (Fsp3) is 0.300. The van der Waals surface area contributed by atoms with Crippen molar-refractivity contribution in [1.29, 1.82) is 0 Å². The van der Waals surface area contributed by atoms with E-state index >= 15 is 0 Å². The van der Waals surface area contributed by atoms with Crippen molar-refractivity contribution >= 4 is 29.2 Å². The van der Waals surface area contributed by atoms with Gasteiger partial charge in [0.15, 0.2) is 0 Å². The summed E-state index contributed by atoms with van der Waals surface area (Å²) >= 11 is 6.12. The third kappa shape index (κ3) is 6.17. The number of anilines is 1. The van der Waals surface area contributed by atoms with Crippen molar-refractivity contribution in [3.05, 3.63) is 64.7 Å². The Morgan fingerprint density at radius 3 is 2.46 bits per heavy atom. The zero-order chi connectivity index (χ0) is 19.1. The molecule has 1 unspecified atom stereocenters. The molecular formula is C20H23ClN2O3. The van der Waals surface area contributed by atoms with E-state index in [1.165, 1.54) is 0 Å². The van der Waals surface area contributed by atoms with E-state index in [2.05, 4.69) is 10.6 Å². The monoisotopic (exact) mass is 374 g/mol. The minimum absolute atomic E-state index is 0.142. The van der Waals surface area contributed by atoms with Crippen LogP contribution in [-0.2, 0) is 16.0 Å². The first-order valence-electron chi connectivity index (χ1n) is 8.44. The van der Waals surface area contributed by atoms with Crippen LogP contribution in [0.1, 0.15) is 24.5 Å². The molecule has 6 heteroatoms. The summed E-state index contributed by atoms with van der Waals surface area (Å²) in [5.41, 5.74) is 2.48. The Morgan fingerprint density at radius 2 is 1.85 bits per heavy atom. The van der Waals surface area contributed by atoms with Crippen LogP contribution in [0.2, 0.25) is 5.02 Å². The number of benzene rings is 2. The third-order valence-electron chi connectivity index (χ3n) is 3.96. The summed E-state index contributed by atoms with van der Waals surface area (Å²) in [7, 11) is 0. The molecule has 0 heterocycles. The molecule has 0 aliphatic heterocycles. The van der Waals surface area contributed by atoms with Crippen LogP contribution in [-0.4, -0.2) is 29.1 Å². The zero-order valence-corrected chi connectivity index (χ0v) is 15.6. The standard InChI is InChI=1S/C20H23ClN2O3/c1-13-8-9-17(16(21)10-13)23-19(24)11-14(2)22-18(20(25)26)12-15-6-4-3-5-7-15/h3-10,14,18,22H,11-12H2,1-2H3,(H,23,24)(H,25,26)/t14?,18-/m1/s1. The second-order valence-electron chi connectivity index (χ2n) is 6.38. The molecule has 0 bridgehead atoms. The van der Waals surface area contributed by atoms with Crippen molar-refractivity contribution in [3.63, 3.8) is 0 Å². The molecule has 2 rings (SSSR count). The normalized spacial score (nSPS) is 13.0. The quantitative estimate of drug-likeness (QED) is 0.659. The first-order chi connectivity index (χ1) is 12.3. The van der Waals surface area contributed by atoms with Crippen molar-refractivity contribution in [2.45, 2.75) is 38.8 Å². The van der Waals surface area contributed by atoms with Gasteiger partial charge in [0.25, 0.3) is 0 Å². The number of carbonyl (C=O) groups excluding carboxylic acids is 1. The minimum atomic E-state index is -0.942. The van der Waals surface area contributed by atoms with Crippen LogP contribution in [0, 0.1) is 6.92 Å². The molecular weight excluding hydrogens is 352 g/mol. The van der Waals surface area contributed by atoms with E-state index in [1.54, 1.807) is 19.1 Å². The lowest BCUT2D eigenvalue weighted by Crippen LogP contribution is -2.44. The van der Waals surface area contributed by atoms with E-state index in [0.29, 0.717) is 17.1 Å². The fourth-order valence-corrected chi connectivity index (χ4v) is 2.95. The number of rotatable bonds is 8. The molecule has 5 nitrogen and oxygen atoms in total. The van der Waals surface area contributed by atoms with Crippen molar-refractivity contribution in [3.8, 4) is 0 Å².